The molecule has 0 saturated carbocycles. The van der Waals surface area contributed by atoms with Gasteiger partial charge in [-0.3, -0.25) is 0 Å². The molecule has 0 aliphatic heterocycles. The topological polar surface area (TPSA) is 12.0 Å². The third-order valence-corrected chi connectivity index (χ3v) is 6.65. The highest BCUT2D eigenvalue weighted by molar-refractivity contribution is 7.99. The van der Waals surface area contributed by atoms with Crippen LogP contribution in [0.1, 0.15) is 23.6 Å². The van der Waals surface area contributed by atoms with Crippen LogP contribution in [0.25, 0.3) is 5.57 Å². The first-order chi connectivity index (χ1) is 17.0. The zero-order chi connectivity index (χ0) is 25.0. The second kappa shape index (κ2) is 13.2. The largest absolute Gasteiger partial charge is 0.362 e. The molecule has 176 valence electrons. The molecule has 1 nitrogen and oxygen atoms in total. The van der Waals surface area contributed by atoms with Gasteiger partial charge in [0.15, 0.2) is 0 Å². The molecular formula is C33H33NS. The standard InChI is InChI=1S/C33H33NS/c1-6-7-9-13-26(3)28(5)24-29(22-23-34-30-20-18-25(2)19-21-30)32-17-12-14-27(4)33(32)35-31-15-10-8-11-16-31/h6-24,34H,3,5H2,1-2,4H3/b7-6-,13-9-,23-22-,29-24+. The molecule has 3 aromatic carbocycles. The van der Waals surface area contributed by atoms with Crippen LogP contribution < -0.4 is 5.32 Å². The number of aryl methyl sites for hydroxylation is 2. The van der Waals surface area contributed by atoms with Crippen LogP contribution in [0.3, 0.4) is 0 Å². The number of anilines is 1. The molecule has 3 aromatic rings. The summed E-state index contributed by atoms with van der Waals surface area (Å²) in [5.41, 5.74) is 7.50. The average Bonchev–Trinajstić information content (AvgIpc) is 2.86. The number of hydrogen-bond donors (Lipinski definition) is 1. The highest BCUT2D eigenvalue weighted by Crippen LogP contribution is 2.37. The van der Waals surface area contributed by atoms with Gasteiger partial charge in [-0.2, -0.15) is 0 Å². The molecule has 0 aliphatic rings. The fourth-order valence-electron chi connectivity index (χ4n) is 3.39. The van der Waals surface area contributed by atoms with Crippen molar-refractivity contribution in [2.24, 2.45) is 0 Å². The maximum Gasteiger partial charge on any atom is 0.0379 e. The molecule has 2 heteroatoms. The van der Waals surface area contributed by atoms with Gasteiger partial charge in [-0.1, -0.05) is 103 Å². The summed E-state index contributed by atoms with van der Waals surface area (Å²) in [5.74, 6) is 0. The van der Waals surface area contributed by atoms with Gasteiger partial charge in [0.2, 0.25) is 0 Å². The van der Waals surface area contributed by atoms with Crippen LogP contribution in [0.15, 0.2) is 150 Å². The van der Waals surface area contributed by atoms with Crippen molar-refractivity contribution in [2.45, 2.75) is 30.6 Å². The van der Waals surface area contributed by atoms with Crippen molar-refractivity contribution in [1.29, 1.82) is 0 Å². The lowest BCUT2D eigenvalue weighted by molar-refractivity contribution is 1.26. The highest BCUT2D eigenvalue weighted by atomic mass is 32.2. The summed E-state index contributed by atoms with van der Waals surface area (Å²) in [6.07, 6.45) is 14.2. The maximum atomic E-state index is 4.30. The van der Waals surface area contributed by atoms with Crippen molar-refractivity contribution >= 4 is 23.0 Å². The molecule has 0 heterocycles. The summed E-state index contributed by atoms with van der Waals surface area (Å²) in [6.45, 7) is 14.8. The quantitative estimate of drug-likeness (QED) is 0.293. The van der Waals surface area contributed by atoms with Gasteiger partial charge in [0.05, 0.1) is 0 Å². The lowest BCUT2D eigenvalue weighted by Crippen LogP contribution is -1.93. The molecule has 0 spiro atoms. The van der Waals surface area contributed by atoms with Gasteiger partial charge in [-0.15, -0.1) is 0 Å². The zero-order valence-electron chi connectivity index (χ0n) is 20.8. The minimum absolute atomic E-state index is 0.873. The summed E-state index contributed by atoms with van der Waals surface area (Å²) >= 11 is 1.78. The van der Waals surface area contributed by atoms with Crippen LogP contribution in [0.4, 0.5) is 5.69 Å². The Labute approximate surface area is 215 Å². The Bertz CT molecular complexity index is 1270. The Morgan fingerprint density at radius 1 is 0.800 bits per heavy atom. The van der Waals surface area contributed by atoms with E-state index in [1.54, 1.807) is 11.8 Å². The molecule has 0 unspecified atom stereocenters. The number of benzene rings is 3. The van der Waals surface area contributed by atoms with Crippen LogP contribution >= 0.6 is 11.8 Å². The molecular weight excluding hydrogens is 442 g/mol. The van der Waals surface area contributed by atoms with E-state index in [9.17, 15) is 0 Å². The smallest absolute Gasteiger partial charge is 0.0379 e. The van der Waals surface area contributed by atoms with E-state index < -0.39 is 0 Å². The Balaban J connectivity index is 1.99. The summed E-state index contributed by atoms with van der Waals surface area (Å²) < 4.78 is 0. The Kier molecular flexibility index (Phi) is 9.77. The number of allylic oxidation sites excluding steroid dienone is 9. The lowest BCUT2D eigenvalue weighted by atomic mass is 9.98. The molecule has 0 saturated heterocycles. The fraction of sp³-hybridized carbons (Fsp3) is 0.0909. The van der Waals surface area contributed by atoms with Crippen molar-refractivity contribution in [3.05, 3.63) is 156 Å². The van der Waals surface area contributed by atoms with E-state index in [1.807, 2.05) is 43.5 Å². The number of rotatable bonds is 10. The summed E-state index contributed by atoms with van der Waals surface area (Å²) in [6, 6.07) is 25.3. The van der Waals surface area contributed by atoms with E-state index in [0.717, 1.165) is 28.0 Å². The van der Waals surface area contributed by atoms with Crippen LogP contribution in [0.5, 0.6) is 0 Å². The van der Waals surface area contributed by atoms with Gasteiger partial charge < -0.3 is 5.32 Å². The van der Waals surface area contributed by atoms with Gasteiger partial charge in [-0.05, 0) is 85.0 Å². The fourth-order valence-corrected chi connectivity index (χ4v) is 4.44. The van der Waals surface area contributed by atoms with Gasteiger partial charge in [-0.25, -0.2) is 0 Å². The van der Waals surface area contributed by atoms with Crippen molar-refractivity contribution in [3.8, 4) is 0 Å². The molecule has 3 rings (SSSR count). The first kappa shape index (κ1) is 25.9. The van der Waals surface area contributed by atoms with E-state index in [1.165, 1.54) is 20.9 Å². The van der Waals surface area contributed by atoms with Gasteiger partial charge >= 0.3 is 0 Å². The Morgan fingerprint density at radius 3 is 2.26 bits per heavy atom. The van der Waals surface area contributed by atoms with Gasteiger partial charge in [0.25, 0.3) is 0 Å². The molecule has 0 aromatic heterocycles. The molecule has 0 amide bonds. The van der Waals surface area contributed by atoms with Crippen LogP contribution in [-0.4, -0.2) is 0 Å². The number of nitrogens with one attached hydrogen (secondary N) is 1. The van der Waals surface area contributed by atoms with E-state index in [2.05, 4.69) is 111 Å². The predicted octanol–water partition coefficient (Wildman–Crippen LogP) is 9.71. The summed E-state index contributed by atoms with van der Waals surface area (Å²) in [5, 5.41) is 3.40. The van der Waals surface area contributed by atoms with Crippen molar-refractivity contribution in [3.63, 3.8) is 0 Å². The zero-order valence-corrected chi connectivity index (χ0v) is 21.6. The van der Waals surface area contributed by atoms with Crippen LogP contribution in [-0.2, 0) is 0 Å². The molecule has 0 radical (unpaired) electrons. The van der Waals surface area contributed by atoms with E-state index in [-0.39, 0.29) is 0 Å². The summed E-state index contributed by atoms with van der Waals surface area (Å²) in [7, 11) is 0. The average molecular weight is 476 g/mol. The van der Waals surface area contributed by atoms with E-state index in [0.29, 0.717) is 0 Å². The monoisotopic (exact) mass is 475 g/mol. The third-order valence-electron chi connectivity index (χ3n) is 5.39. The summed E-state index contributed by atoms with van der Waals surface area (Å²) in [4.78, 5) is 2.44. The molecule has 0 fully saturated rings. The Hall–Kier alpha value is -3.75. The SMILES string of the molecule is C=C(/C=C\C=C/C)C(=C)/C=C(\C=C/Nc1ccc(C)cc1)c1cccc(C)c1Sc1ccccc1. The van der Waals surface area contributed by atoms with Crippen LogP contribution in [0, 0.1) is 13.8 Å². The van der Waals surface area contributed by atoms with Crippen molar-refractivity contribution in [1.82, 2.24) is 0 Å². The normalized spacial score (nSPS) is 12.0. The second-order valence-corrected chi connectivity index (χ2v) is 9.33. The van der Waals surface area contributed by atoms with Crippen LogP contribution in [0.2, 0.25) is 0 Å². The first-order valence-electron chi connectivity index (χ1n) is 11.7. The molecule has 0 aliphatic carbocycles. The highest BCUT2D eigenvalue weighted by Gasteiger charge is 2.11. The lowest BCUT2D eigenvalue weighted by Gasteiger charge is -2.14. The minimum atomic E-state index is 0.873. The van der Waals surface area contributed by atoms with Crippen molar-refractivity contribution < 1.29 is 0 Å². The maximum absolute atomic E-state index is 4.30. The van der Waals surface area contributed by atoms with E-state index >= 15 is 0 Å². The number of hydrogen-bond acceptors (Lipinski definition) is 2. The first-order valence-corrected chi connectivity index (χ1v) is 12.5. The minimum Gasteiger partial charge on any atom is -0.362 e. The molecule has 0 atom stereocenters. The molecule has 35 heavy (non-hydrogen) atoms. The molecule has 0 bridgehead atoms. The second-order valence-electron chi connectivity index (χ2n) is 8.25. The van der Waals surface area contributed by atoms with Gasteiger partial charge in [0.1, 0.15) is 0 Å². The predicted molar refractivity (Wildman–Crippen MR) is 156 cm³/mol. The molecule has 1 N–H and O–H groups in total. The third kappa shape index (κ3) is 7.91. The van der Waals surface area contributed by atoms with E-state index in [4.69, 9.17) is 0 Å². The Morgan fingerprint density at radius 2 is 1.54 bits per heavy atom. The van der Waals surface area contributed by atoms with Crippen molar-refractivity contribution in [2.75, 3.05) is 5.32 Å². The van der Waals surface area contributed by atoms with Gasteiger partial charge in [0, 0.05) is 21.7 Å².